The quantitative estimate of drug-likeness (QED) is 0.819. The number of carbonyl (C=O) groups is 1. The highest BCUT2D eigenvalue weighted by atomic mass is 16.5. The van der Waals surface area contributed by atoms with Gasteiger partial charge in [0.2, 0.25) is 11.8 Å². The van der Waals surface area contributed by atoms with Crippen LogP contribution in [0.5, 0.6) is 11.5 Å². The highest BCUT2D eigenvalue weighted by Gasteiger charge is 2.32. The molecule has 2 fully saturated rings. The van der Waals surface area contributed by atoms with E-state index in [2.05, 4.69) is 10.2 Å². The molecule has 1 aromatic carbocycles. The van der Waals surface area contributed by atoms with Gasteiger partial charge in [-0.25, -0.2) is 0 Å². The first-order chi connectivity index (χ1) is 12.7. The molecule has 2 heterocycles. The summed E-state index contributed by atoms with van der Waals surface area (Å²) in [6, 6.07) is 5.27. The molecule has 1 saturated heterocycles. The zero-order chi connectivity index (χ0) is 18.1. The van der Waals surface area contributed by atoms with E-state index in [1.807, 2.05) is 4.90 Å². The Morgan fingerprint density at radius 2 is 1.69 bits per heavy atom. The molecule has 1 aliphatic heterocycles. The van der Waals surface area contributed by atoms with Crippen LogP contribution >= 0.6 is 0 Å². The Balaban J connectivity index is 1.41. The van der Waals surface area contributed by atoms with Gasteiger partial charge in [-0.15, -0.1) is 10.2 Å². The Bertz CT molecular complexity index is 792. The summed E-state index contributed by atoms with van der Waals surface area (Å²) in [5.74, 6) is 3.38. The lowest BCUT2D eigenvalue weighted by Crippen LogP contribution is -2.38. The van der Waals surface area contributed by atoms with E-state index in [1.165, 1.54) is 0 Å². The van der Waals surface area contributed by atoms with Gasteiger partial charge >= 0.3 is 0 Å². The minimum atomic E-state index is -0.0212. The Labute approximate surface area is 152 Å². The Kier molecular flexibility index (Phi) is 4.53. The molecule has 0 bridgehead atoms. The van der Waals surface area contributed by atoms with Crippen molar-refractivity contribution in [1.29, 1.82) is 0 Å². The number of piperidine rings is 1. The number of amides is 1. The molecule has 4 rings (SSSR count). The van der Waals surface area contributed by atoms with Crippen molar-refractivity contribution in [1.82, 2.24) is 15.1 Å². The van der Waals surface area contributed by atoms with Crippen molar-refractivity contribution in [2.24, 2.45) is 0 Å². The topological polar surface area (TPSA) is 77.7 Å². The zero-order valence-electron chi connectivity index (χ0n) is 15.1. The van der Waals surface area contributed by atoms with Gasteiger partial charge in [0.05, 0.1) is 19.8 Å². The minimum absolute atomic E-state index is 0.0212. The third-order valence-electron chi connectivity index (χ3n) is 5.15. The first kappa shape index (κ1) is 16.9. The SMILES string of the molecule is COc1ccc(C(=O)N2CCC(c3nnc(C4CC4)o3)CC2)c(OC)c1. The molecule has 1 aliphatic carbocycles. The second kappa shape index (κ2) is 6.97. The molecule has 0 atom stereocenters. The van der Waals surface area contributed by atoms with Crippen LogP contribution in [0.2, 0.25) is 0 Å². The molecular weight excluding hydrogens is 334 g/mol. The van der Waals surface area contributed by atoms with E-state index in [0.717, 1.165) is 37.5 Å². The van der Waals surface area contributed by atoms with E-state index in [9.17, 15) is 4.79 Å². The van der Waals surface area contributed by atoms with Crippen LogP contribution < -0.4 is 9.47 Å². The van der Waals surface area contributed by atoms with Crippen LogP contribution in [0.15, 0.2) is 22.6 Å². The summed E-state index contributed by atoms with van der Waals surface area (Å²) in [5.41, 5.74) is 0.556. The summed E-state index contributed by atoms with van der Waals surface area (Å²) in [4.78, 5) is 14.7. The maximum absolute atomic E-state index is 12.9. The normalized spacial score (nSPS) is 18.0. The second-order valence-corrected chi connectivity index (χ2v) is 6.89. The molecule has 0 spiro atoms. The van der Waals surface area contributed by atoms with Gasteiger partial charge in [0.1, 0.15) is 11.5 Å². The van der Waals surface area contributed by atoms with Gasteiger partial charge < -0.3 is 18.8 Å². The molecule has 0 radical (unpaired) electrons. The van der Waals surface area contributed by atoms with E-state index in [4.69, 9.17) is 13.9 Å². The van der Waals surface area contributed by atoms with Crippen molar-refractivity contribution in [3.8, 4) is 11.5 Å². The summed E-state index contributed by atoms with van der Waals surface area (Å²) >= 11 is 0. The molecule has 7 nitrogen and oxygen atoms in total. The van der Waals surface area contributed by atoms with E-state index >= 15 is 0 Å². The summed E-state index contributed by atoms with van der Waals surface area (Å²) < 4.78 is 16.4. The van der Waals surface area contributed by atoms with E-state index in [1.54, 1.807) is 32.4 Å². The number of ether oxygens (including phenoxy) is 2. The number of methoxy groups -OCH3 is 2. The van der Waals surface area contributed by atoms with Crippen LogP contribution in [-0.2, 0) is 0 Å². The Morgan fingerprint density at radius 1 is 1.04 bits per heavy atom. The summed E-state index contributed by atoms with van der Waals surface area (Å²) in [7, 11) is 3.15. The predicted molar refractivity (Wildman–Crippen MR) is 93.7 cm³/mol. The summed E-state index contributed by atoms with van der Waals surface area (Å²) in [6.45, 7) is 1.33. The Morgan fingerprint density at radius 3 is 2.27 bits per heavy atom. The van der Waals surface area contributed by atoms with Crippen molar-refractivity contribution in [3.05, 3.63) is 35.5 Å². The number of benzene rings is 1. The van der Waals surface area contributed by atoms with Crippen LogP contribution in [0.1, 0.15) is 59.7 Å². The average Bonchev–Trinajstić information content (AvgIpc) is 3.43. The second-order valence-electron chi connectivity index (χ2n) is 6.89. The molecule has 1 amide bonds. The predicted octanol–water partition coefficient (Wildman–Crippen LogP) is 2.98. The van der Waals surface area contributed by atoms with Gasteiger partial charge in [-0.05, 0) is 37.8 Å². The van der Waals surface area contributed by atoms with Crippen molar-refractivity contribution in [2.45, 2.75) is 37.5 Å². The molecular formula is C19H23N3O4. The smallest absolute Gasteiger partial charge is 0.257 e. The number of rotatable bonds is 5. The Hall–Kier alpha value is -2.57. The lowest BCUT2D eigenvalue weighted by Gasteiger charge is -2.30. The molecule has 1 aromatic heterocycles. The molecule has 1 saturated carbocycles. The van der Waals surface area contributed by atoms with E-state index in [0.29, 0.717) is 36.1 Å². The number of carbonyl (C=O) groups excluding carboxylic acids is 1. The lowest BCUT2D eigenvalue weighted by atomic mass is 9.96. The van der Waals surface area contributed by atoms with Crippen molar-refractivity contribution >= 4 is 5.91 Å². The first-order valence-corrected chi connectivity index (χ1v) is 9.04. The fraction of sp³-hybridized carbons (Fsp3) is 0.526. The number of hydrogen-bond acceptors (Lipinski definition) is 6. The largest absolute Gasteiger partial charge is 0.497 e. The van der Waals surface area contributed by atoms with Gasteiger partial charge in [-0.1, -0.05) is 0 Å². The maximum Gasteiger partial charge on any atom is 0.257 e. The molecule has 0 N–H and O–H groups in total. The van der Waals surface area contributed by atoms with Gasteiger partial charge in [-0.3, -0.25) is 4.79 Å². The van der Waals surface area contributed by atoms with Crippen molar-refractivity contribution in [2.75, 3.05) is 27.3 Å². The molecule has 2 aromatic rings. The van der Waals surface area contributed by atoms with E-state index in [-0.39, 0.29) is 11.8 Å². The van der Waals surface area contributed by atoms with Crippen LogP contribution in [0, 0.1) is 0 Å². The molecule has 7 heteroatoms. The molecule has 26 heavy (non-hydrogen) atoms. The summed E-state index contributed by atoms with van der Waals surface area (Å²) in [5, 5.41) is 8.39. The lowest BCUT2D eigenvalue weighted by molar-refractivity contribution is 0.0702. The highest BCUT2D eigenvalue weighted by molar-refractivity contribution is 5.97. The van der Waals surface area contributed by atoms with Gasteiger partial charge in [-0.2, -0.15) is 0 Å². The summed E-state index contributed by atoms with van der Waals surface area (Å²) in [6.07, 6.45) is 3.96. The number of likely N-dealkylation sites (tertiary alicyclic amines) is 1. The first-order valence-electron chi connectivity index (χ1n) is 9.04. The maximum atomic E-state index is 12.9. The third-order valence-corrected chi connectivity index (χ3v) is 5.15. The van der Waals surface area contributed by atoms with Crippen LogP contribution in [0.4, 0.5) is 0 Å². The molecule has 138 valence electrons. The van der Waals surface area contributed by atoms with Crippen LogP contribution in [0.3, 0.4) is 0 Å². The van der Waals surface area contributed by atoms with Crippen LogP contribution in [0.25, 0.3) is 0 Å². The fourth-order valence-corrected chi connectivity index (χ4v) is 3.38. The zero-order valence-corrected chi connectivity index (χ0v) is 15.1. The number of nitrogens with zero attached hydrogens (tertiary/aromatic N) is 3. The average molecular weight is 357 g/mol. The third kappa shape index (κ3) is 3.25. The van der Waals surface area contributed by atoms with Crippen molar-refractivity contribution < 1.29 is 18.7 Å². The van der Waals surface area contributed by atoms with Gasteiger partial charge in [0.25, 0.3) is 5.91 Å². The van der Waals surface area contributed by atoms with Crippen molar-refractivity contribution in [3.63, 3.8) is 0 Å². The van der Waals surface area contributed by atoms with Crippen LogP contribution in [-0.4, -0.2) is 48.3 Å². The minimum Gasteiger partial charge on any atom is -0.497 e. The van der Waals surface area contributed by atoms with Gasteiger partial charge in [0, 0.05) is 31.0 Å². The monoisotopic (exact) mass is 357 g/mol. The van der Waals surface area contributed by atoms with E-state index < -0.39 is 0 Å². The number of hydrogen-bond donors (Lipinski definition) is 0. The molecule has 2 aliphatic rings. The standard InChI is InChI=1S/C19H23N3O4/c1-24-14-5-6-15(16(11-14)25-2)19(23)22-9-7-13(8-10-22)18-21-20-17(26-18)12-3-4-12/h5-6,11-13H,3-4,7-10H2,1-2H3. The molecule has 0 unspecified atom stereocenters. The van der Waals surface area contributed by atoms with Gasteiger partial charge in [0.15, 0.2) is 0 Å². The fourth-order valence-electron chi connectivity index (χ4n) is 3.38. The number of aromatic nitrogens is 2. The highest BCUT2D eigenvalue weighted by Crippen LogP contribution is 2.40.